The van der Waals surface area contributed by atoms with Crippen molar-refractivity contribution in [1.82, 2.24) is 25.1 Å². The summed E-state index contributed by atoms with van der Waals surface area (Å²) in [6.45, 7) is 6.19. The van der Waals surface area contributed by atoms with Gasteiger partial charge < -0.3 is 5.11 Å². The fourth-order valence-electron chi connectivity index (χ4n) is 3.54. The molecule has 0 amide bonds. The molecule has 0 bridgehead atoms. The number of aliphatic hydroxyl groups excluding tert-OH is 1. The van der Waals surface area contributed by atoms with E-state index in [1.54, 1.807) is 0 Å². The maximum Gasteiger partial charge on any atom is 0.170 e. The lowest BCUT2D eigenvalue weighted by molar-refractivity contribution is 0.109. The van der Waals surface area contributed by atoms with Gasteiger partial charge in [-0.25, -0.2) is 0 Å². The van der Waals surface area contributed by atoms with Gasteiger partial charge in [-0.1, -0.05) is 24.6 Å². The van der Waals surface area contributed by atoms with Gasteiger partial charge >= 0.3 is 0 Å². The van der Waals surface area contributed by atoms with Crippen molar-refractivity contribution in [1.29, 1.82) is 0 Å². The van der Waals surface area contributed by atoms with E-state index in [0.717, 1.165) is 37.4 Å². The highest BCUT2D eigenvalue weighted by Crippen LogP contribution is 2.23. The van der Waals surface area contributed by atoms with Crippen LogP contribution in [-0.4, -0.2) is 49.4 Å². The number of hydrogen-bond acceptors (Lipinski definition) is 5. The van der Waals surface area contributed by atoms with E-state index in [4.69, 9.17) is 0 Å². The predicted molar refractivity (Wildman–Crippen MR) is 88.4 cm³/mol. The molecular formula is C17H25N5O. The number of para-hydroxylation sites is 1. The van der Waals surface area contributed by atoms with Crippen LogP contribution in [0.2, 0.25) is 0 Å². The van der Waals surface area contributed by atoms with Crippen LogP contribution in [0, 0.1) is 13.8 Å². The lowest BCUT2D eigenvalue weighted by atomic mass is 9.99. The first-order valence-electron chi connectivity index (χ1n) is 8.39. The molecule has 2 aromatic rings. The first kappa shape index (κ1) is 16.1. The van der Waals surface area contributed by atoms with E-state index >= 15 is 0 Å². The molecule has 1 atom stereocenters. The van der Waals surface area contributed by atoms with Crippen LogP contribution in [0.4, 0.5) is 0 Å². The Kier molecular flexibility index (Phi) is 5.03. The number of aromatic nitrogens is 4. The van der Waals surface area contributed by atoms with Crippen molar-refractivity contribution in [3.8, 4) is 5.69 Å². The Morgan fingerprint density at radius 3 is 2.74 bits per heavy atom. The Morgan fingerprint density at radius 1 is 1.22 bits per heavy atom. The van der Waals surface area contributed by atoms with Crippen molar-refractivity contribution >= 4 is 0 Å². The summed E-state index contributed by atoms with van der Waals surface area (Å²) < 4.78 is 1.87. The topological polar surface area (TPSA) is 67.1 Å². The third-order valence-corrected chi connectivity index (χ3v) is 4.74. The first-order valence-corrected chi connectivity index (χ1v) is 8.39. The molecular weight excluding hydrogens is 290 g/mol. The minimum absolute atomic E-state index is 0.239. The molecule has 2 heterocycles. The van der Waals surface area contributed by atoms with Crippen LogP contribution in [-0.2, 0) is 6.54 Å². The molecule has 1 saturated heterocycles. The van der Waals surface area contributed by atoms with Crippen LogP contribution in [0.3, 0.4) is 0 Å². The molecule has 3 rings (SSSR count). The number of nitrogens with zero attached hydrogens (tertiary/aromatic N) is 5. The van der Waals surface area contributed by atoms with E-state index in [0.29, 0.717) is 6.04 Å². The third-order valence-electron chi connectivity index (χ3n) is 4.74. The Balaban J connectivity index is 1.86. The summed E-state index contributed by atoms with van der Waals surface area (Å²) in [6.07, 6.45) is 4.41. The maximum absolute atomic E-state index is 9.30. The number of piperidine rings is 1. The molecule has 1 N–H and O–H groups in total. The van der Waals surface area contributed by atoms with Crippen molar-refractivity contribution in [2.75, 3.05) is 13.2 Å². The standard InChI is InChI=1S/C17H25N5O/c1-13-6-5-7-14(2)17(13)22-16(18-19-20-22)12-21-10-4-3-8-15(21)9-11-23/h5-7,15,23H,3-4,8-12H2,1-2H3. The second kappa shape index (κ2) is 7.19. The lowest BCUT2D eigenvalue weighted by Gasteiger charge is -2.35. The third kappa shape index (κ3) is 3.43. The minimum Gasteiger partial charge on any atom is -0.396 e. The van der Waals surface area contributed by atoms with Crippen LogP contribution in [0.1, 0.15) is 42.6 Å². The molecule has 0 radical (unpaired) electrons. The van der Waals surface area contributed by atoms with E-state index in [1.807, 2.05) is 4.68 Å². The molecule has 6 nitrogen and oxygen atoms in total. The smallest absolute Gasteiger partial charge is 0.170 e. The molecule has 1 aliphatic heterocycles. The summed E-state index contributed by atoms with van der Waals surface area (Å²) in [6, 6.07) is 6.66. The maximum atomic E-state index is 9.30. The Bertz CT molecular complexity index is 632. The number of tetrazole rings is 1. The van der Waals surface area contributed by atoms with Crippen molar-refractivity contribution in [3.63, 3.8) is 0 Å². The Hall–Kier alpha value is -1.79. The van der Waals surface area contributed by atoms with Gasteiger partial charge in [-0.3, -0.25) is 4.90 Å². The van der Waals surface area contributed by atoms with Gasteiger partial charge in [0.25, 0.3) is 0 Å². The average molecular weight is 315 g/mol. The number of aliphatic hydroxyl groups is 1. The highest BCUT2D eigenvalue weighted by molar-refractivity contribution is 5.46. The first-order chi connectivity index (χ1) is 11.2. The van der Waals surface area contributed by atoms with Crippen molar-refractivity contribution in [2.45, 2.75) is 52.1 Å². The highest BCUT2D eigenvalue weighted by atomic mass is 16.3. The van der Waals surface area contributed by atoms with Crippen LogP contribution < -0.4 is 0 Å². The second-order valence-corrected chi connectivity index (χ2v) is 6.38. The van der Waals surface area contributed by atoms with E-state index in [-0.39, 0.29) is 6.61 Å². The molecule has 1 fully saturated rings. The fraction of sp³-hybridized carbons (Fsp3) is 0.588. The fourth-order valence-corrected chi connectivity index (χ4v) is 3.54. The van der Waals surface area contributed by atoms with Gasteiger partial charge in [0.1, 0.15) is 0 Å². The van der Waals surface area contributed by atoms with E-state index in [2.05, 4.69) is 52.5 Å². The van der Waals surface area contributed by atoms with E-state index in [9.17, 15) is 5.11 Å². The minimum atomic E-state index is 0.239. The van der Waals surface area contributed by atoms with Crippen LogP contribution >= 0.6 is 0 Å². The van der Waals surface area contributed by atoms with Gasteiger partial charge in [-0.05, 0) is 61.2 Å². The summed E-state index contributed by atoms with van der Waals surface area (Å²) in [5, 5.41) is 21.7. The normalized spacial score (nSPS) is 19.2. The van der Waals surface area contributed by atoms with Gasteiger partial charge in [-0.15, -0.1) is 5.10 Å². The molecule has 23 heavy (non-hydrogen) atoms. The summed E-state index contributed by atoms with van der Waals surface area (Å²) in [7, 11) is 0. The summed E-state index contributed by atoms with van der Waals surface area (Å²) in [4.78, 5) is 2.41. The number of hydrogen-bond donors (Lipinski definition) is 1. The highest BCUT2D eigenvalue weighted by Gasteiger charge is 2.24. The molecule has 0 aliphatic carbocycles. The van der Waals surface area contributed by atoms with Crippen LogP contribution in [0.15, 0.2) is 18.2 Å². The molecule has 1 aromatic carbocycles. The summed E-state index contributed by atoms with van der Waals surface area (Å²) in [5.74, 6) is 0.868. The zero-order chi connectivity index (χ0) is 16.2. The second-order valence-electron chi connectivity index (χ2n) is 6.38. The molecule has 1 aromatic heterocycles. The van der Waals surface area contributed by atoms with E-state index < -0.39 is 0 Å². The average Bonchev–Trinajstić information content (AvgIpc) is 2.97. The largest absolute Gasteiger partial charge is 0.396 e. The lowest BCUT2D eigenvalue weighted by Crippen LogP contribution is -2.40. The molecule has 1 aliphatic rings. The number of likely N-dealkylation sites (tertiary alicyclic amines) is 1. The summed E-state index contributed by atoms with van der Waals surface area (Å²) in [5.41, 5.74) is 3.41. The number of rotatable bonds is 5. The molecule has 124 valence electrons. The molecule has 0 spiro atoms. The van der Waals surface area contributed by atoms with Crippen molar-refractivity contribution < 1.29 is 5.11 Å². The Labute approximate surface area is 137 Å². The van der Waals surface area contributed by atoms with Gasteiger partial charge in [0.2, 0.25) is 0 Å². The van der Waals surface area contributed by atoms with Crippen LogP contribution in [0.5, 0.6) is 0 Å². The zero-order valence-electron chi connectivity index (χ0n) is 13.9. The number of benzene rings is 1. The number of aryl methyl sites for hydroxylation is 2. The van der Waals surface area contributed by atoms with E-state index in [1.165, 1.54) is 24.0 Å². The van der Waals surface area contributed by atoms with Crippen molar-refractivity contribution in [2.24, 2.45) is 0 Å². The van der Waals surface area contributed by atoms with Gasteiger partial charge in [0.05, 0.1) is 12.2 Å². The zero-order valence-corrected chi connectivity index (χ0v) is 13.9. The van der Waals surface area contributed by atoms with Gasteiger partial charge in [0.15, 0.2) is 5.82 Å². The SMILES string of the molecule is Cc1cccc(C)c1-n1nnnc1CN1CCCCC1CCO. The Morgan fingerprint density at radius 2 is 2.00 bits per heavy atom. The predicted octanol–water partition coefficient (Wildman–Crippen LogP) is 2.02. The van der Waals surface area contributed by atoms with Gasteiger partial charge in [0, 0.05) is 12.6 Å². The van der Waals surface area contributed by atoms with Crippen LogP contribution in [0.25, 0.3) is 5.69 Å². The molecule has 0 saturated carbocycles. The molecule has 1 unspecified atom stereocenters. The monoisotopic (exact) mass is 315 g/mol. The summed E-state index contributed by atoms with van der Waals surface area (Å²) >= 11 is 0. The quantitative estimate of drug-likeness (QED) is 0.914. The van der Waals surface area contributed by atoms with Crippen molar-refractivity contribution in [3.05, 3.63) is 35.2 Å². The van der Waals surface area contributed by atoms with Gasteiger partial charge in [-0.2, -0.15) is 4.68 Å². The molecule has 6 heteroatoms.